The Bertz CT molecular complexity index is 826. The van der Waals surface area contributed by atoms with Crippen molar-refractivity contribution >= 4 is 5.97 Å². The molecule has 2 heteroatoms. The van der Waals surface area contributed by atoms with Crippen molar-refractivity contribution in [1.29, 1.82) is 0 Å². The number of benzene rings is 1. The molecule has 1 aromatic rings. The van der Waals surface area contributed by atoms with Gasteiger partial charge in [-0.2, -0.15) is 0 Å². The molecule has 7 atom stereocenters. The SMILES string of the molecule is C/C=C1/CC[C@H]2C3CC[C@@H]4C[C@H](OC(=O)c5ccccc5)CC[C@]4(C)C3CC[C@]12C. The van der Waals surface area contributed by atoms with Crippen LogP contribution >= 0.6 is 0 Å². The summed E-state index contributed by atoms with van der Waals surface area (Å²) < 4.78 is 5.98. The van der Waals surface area contributed by atoms with Crippen molar-refractivity contribution < 1.29 is 9.53 Å². The molecular formula is C28H38O2. The van der Waals surface area contributed by atoms with Crippen molar-refractivity contribution in [3.05, 3.63) is 47.5 Å². The lowest BCUT2D eigenvalue weighted by Crippen LogP contribution is -2.53. The average molecular weight is 407 g/mol. The lowest BCUT2D eigenvalue weighted by Gasteiger charge is -2.60. The smallest absolute Gasteiger partial charge is 0.338 e. The second kappa shape index (κ2) is 7.53. The van der Waals surface area contributed by atoms with Crippen LogP contribution in [0, 0.1) is 34.5 Å². The maximum Gasteiger partial charge on any atom is 0.338 e. The molecule has 0 aliphatic heterocycles. The zero-order chi connectivity index (χ0) is 20.9. The third kappa shape index (κ3) is 3.09. The van der Waals surface area contributed by atoms with Gasteiger partial charge in [0, 0.05) is 0 Å². The quantitative estimate of drug-likeness (QED) is 0.383. The Morgan fingerprint density at radius 1 is 1.00 bits per heavy atom. The fraction of sp³-hybridized carbons (Fsp3) is 0.679. The van der Waals surface area contributed by atoms with Crippen LogP contribution < -0.4 is 0 Å². The summed E-state index contributed by atoms with van der Waals surface area (Å²) in [5, 5.41) is 0. The molecule has 0 spiro atoms. The Labute approximate surface area is 182 Å². The Hall–Kier alpha value is -1.57. The minimum atomic E-state index is -0.142. The molecule has 1 aromatic carbocycles. The van der Waals surface area contributed by atoms with E-state index in [-0.39, 0.29) is 12.1 Å². The van der Waals surface area contributed by atoms with Gasteiger partial charge in [-0.1, -0.05) is 43.7 Å². The summed E-state index contributed by atoms with van der Waals surface area (Å²) in [5.41, 5.74) is 3.34. The van der Waals surface area contributed by atoms with Gasteiger partial charge in [-0.15, -0.1) is 0 Å². The number of hydrogen-bond acceptors (Lipinski definition) is 2. The summed E-state index contributed by atoms with van der Waals surface area (Å²) in [5.74, 6) is 3.25. The highest BCUT2D eigenvalue weighted by Gasteiger charge is 2.59. The zero-order valence-corrected chi connectivity index (χ0v) is 19.0. The number of rotatable bonds is 2. The normalized spacial score (nSPS) is 44.1. The lowest BCUT2D eigenvalue weighted by atomic mass is 9.45. The highest BCUT2D eigenvalue weighted by atomic mass is 16.5. The molecule has 2 unspecified atom stereocenters. The van der Waals surface area contributed by atoms with Gasteiger partial charge in [0.25, 0.3) is 0 Å². The molecule has 0 aromatic heterocycles. The molecule has 4 aliphatic carbocycles. The second-order valence-corrected chi connectivity index (χ2v) is 11.1. The van der Waals surface area contributed by atoms with Crippen LogP contribution in [0.15, 0.2) is 42.0 Å². The summed E-state index contributed by atoms with van der Waals surface area (Å²) in [6, 6.07) is 9.49. The monoisotopic (exact) mass is 406 g/mol. The van der Waals surface area contributed by atoms with E-state index in [0.29, 0.717) is 22.3 Å². The van der Waals surface area contributed by atoms with Crippen LogP contribution in [0.5, 0.6) is 0 Å². The Balaban J connectivity index is 1.29. The van der Waals surface area contributed by atoms with Crippen molar-refractivity contribution in [3.63, 3.8) is 0 Å². The van der Waals surface area contributed by atoms with E-state index < -0.39 is 0 Å². The van der Waals surface area contributed by atoms with Gasteiger partial charge in [0.15, 0.2) is 0 Å². The first kappa shape index (κ1) is 20.3. The molecule has 5 rings (SSSR count). The third-order valence-electron chi connectivity index (χ3n) is 10.1. The number of carbonyl (C=O) groups is 1. The minimum Gasteiger partial charge on any atom is -0.459 e. The Morgan fingerprint density at radius 2 is 1.80 bits per heavy atom. The predicted molar refractivity (Wildman–Crippen MR) is 121 cm³/mol. The third-order valence-corrected chi connectivity index (χ3v) is 10.1. The molecule has 162 valence electrons. The van der Waals surface area contributed by atoms with Crippen LogP contribution in [0.4, 0.5) is 0 Å². The molecule has 4 aliphatic rings. The van der Waals surface area contributed by atoms with Crippen molar-refractivity contribution in [1.82, 2.24) is 0 Å². The van der Waals surface area contributed by atoms with Gasteiger partial charge in [0.05, 0.1) is 5.56 Å². The summed E-state index contributed by atoms with van der Waals surface area (Å²) in [6.45, 7) is 7.42. The van der Waals surface area contributed by atoms with Crippen LogP contribution in [-0.2, 0) is 4.74 Å². The van der Waals surface area contributed by atoms with E-state index in [2.05, 4.69) is 26.8 Å². The number of fused-ring (bicyclic) bond motifs is 5. The van der Waals surface area contributed by atoms with Crippen LogP contribution in [0.3, 0.4) is 0 Å². The Kier molecular flexibility index (Phi) is 5.11. The number of esters is 1. The highest BCUT2D eigenvalue weighted by Crippen LogP contribution is 2.67. The number of carbonyl (C=O) groups excluding carboxylic acids is 1. The summed E-state index contributed by atoms with van der Waals surface area (Å²) in [6.07, 6.45) is 14.1. The van der Waals surface area contributed by atoms with Gasteiger partial charge < -0.3 is 4.74 Å². The predicted octanol–water partition coefficient (Wildman–Crippen LogP) is 7.20. The average Bonchev–Trinajstić information content (AvgIpc) is 3.11. The molecule has 0 heterocycles. The van der Waals surface area contributed by atoms with E-state index in [4.69, 9.17) is 4.74 Å². The summed E-state index contributed by atoms with van der Waals surface area (Å²) in [7, 11) is 0. The molecule has 0 radical (unpaired) electrons. The van der Waals surface area contributed by atoms with Crippen LogP contribution in [0.2, 0.25) is 0 Å². The van der Waals surface area contributed by atoms with Gasteiger partial charge in [-0.05, 0) is 111 Å². The van der Waals surface area contributed by atoms with Gasteiger partial charge >= 0.3 is 5.97 Å². The summed E-state index contributed by atoms with van der Waals surface area (Å²) in [4.78, 5) is 12.6. The first-order valence-corrected chi connectivity index (χ1v) is 12.4. The van der Waals surface area contributed by atoms with Crippen LogP contribution in [0.25, 0.3) is 0 Å². The highest BCUT2D eigenvalue weighted by molar-refractivity contribution is 5.89. The summed E-state index contributed by atoms with van der Waals surface area (Å²) >= 11 is 0. The first-order valence-electron chi connectivity index (χ1n) is 12.4. The first-order chi connectivity index (χ1) is 14.5. The standard InChI is InChI=1S/C28H38O2/c1-4-20-11-13-24-23-12-10-21-18-22(30-26(29)19-8-6-5-7-9-19)14-16-28(21,3)25(23)15-17-27(20,24)2/h4-9,21-25H,10-18H2,1-3H3/b20-4-/t21-,22-,23?,24+,25?,27-,28+/m1/s1. The maximum absolute atomic E-state index is 12.6. The lowest BCUT2D eigenvalue weighted by molar-refractivity contribution is -0.118. The molecule has 4 fully saturated rings. The fourth-order valence-corrected chi connectivity index (χ4v) is 8.44. The van der Waals surface area contributed by atoms with E-state index in [1.165, 1.54) is 44.9 Å². The molecule has 0 amide bonds. The molecule has 0 bridgehead atoms. The topological polar surface area (TPSA) is 26.3 Å². The van der Waals surface area contributed by atoms with Crippen molar-refractivity contribution in [2.24, 2.45) is 34.5 Å². The number of ether oxygens (including phenoxy) is 1. The van der Waals surface area contributed by atoms with Crippen molar-refractivity contribution in [3.8, 4) is 0 Å². The van der Waals surface area contributed by atoms with Gasteiger partial charge in [-0.3, -0.25) is 0 Å². The van der Waals surface area contributed by atoms with Gasteiger partial charge in [-0.25, -0.2) is 4.79 Å². The molecule has 30 heavy (non-hydrogen) atoms. The number of hydrogen-bond donors (Lipinski definition) is 0. The van der Waals surface area contributed by atoms with Crippen molar-refractivity contribution in [2.75, 3.05) is 0 Å². The van der Waals surface area contributed by atoms with Crippen LogP contribution in [-0.4, -0.2) is 12.1 Å². The second-order valence-electron chi connectivity index (χ2n) is 11.1. The minimum absolute atomic E-state index is 0.0993. The Morgan fingerprint density at radius 3 is 2.57 bits per heavy atom. The van der Waals surface area contributed by atoms with Gasteiger partial charge in [0.2, 0.25) is 0 Å². The zero-order valence-electron chi connectivity index (χ0n) is 19.0. The molecule has 0 saturated heterocycles. The van der Waals surface area contributed by atoms with Gasteiger partial charge in [0.1, 0.15) is 6.10 Å². The largest absolute Gasteiger partial charge is 0.459 e. The fourth-order valence-electron chi connectivity index (χ4n) is 8.44. The van der Waals surface area contributed by atoms with E-state index in [0.717, 1.165) is 30.6 Å². The van der Waals surface area contributed by atoms with Crippen LogP contribution in [0.1, 0.15) is 88.9 Å². The number of allylic oxidation sites excluding steroid dienone is 2. The molecule has 0 N–H and O–H groups in total. The van der Waals surface area contributed by atoms with E-state index in [1.54, 1.807) is 5.57 Å². The maximum atomic E-state index is 12.6. The van der Waals surface area contributed by atoms with Crippen molar-refractivity contribution in [2.45, 2.75) is 84.7 Å². The van der Waals surface area contributed by atoms with E-state index in [1.807, 2.05) is 30.3 Å². The van der Waals surface area contributed by atoms with E-state index in [9.17, 15) is 4.79 Å². The van der Waals surface area contributed by atoms with E-state index >= 15 is 0 Å². The molecule has 4 saturated carbocycles. The molecular weight excluding hydrogens is 368 g/mol. The molecule has 2 nitrogen and oxygen atoms in total.